The molecule has 0 aliphatic carbocycles. The zero-order valence-electron chi connectivity index (χ0n) is 9.02. The molecule has 15 heavy (non-hydrogen) atoms. The van der Waals surface area contributed by atoms with Crippen molar-refractivity contribution in [3.8, 4) is 0 Å². The van der Waals surface area contributed by atoms with Crippen LogP contribution in [0.25, 0.3) is 0 Å². The summed E-state index contributed by atoms with van der Waals surface area (Å²) in [6.07, 6.45) is 1.81. The number of rotatable bonds is 2. The highest BCUT2D eigenvalue weighted by molar-refractivity contribution is 7.99. The maximum atomic E-state index is 5.88. The van der Waals surface area contributed by atoms with Crippen LogP contribution in [-0.4, -0.2) is 34.0 Å². The summed E-state index contributed by atoms with van der Waals surface area (Å²) < 4.78 is 0. The van der Waals surface area contributed by atoms with Crippen molar-refractivity contribution < 1.29 is 0 Å². The SMILES string of the molecule is CC1CN(Cc2ncccc2N)CCS1. The van der Waals surface area contributed by atoms with Crippen LogP contribution in [0.3, 0.4) is 0 Å². The molecule has 1 unspecified atom stereocenters. The van der Waals surface area contributed by atoms with Gasteiger partial charge in [0, 0.05) is 36.8 Å². The topological polar surface area (TPSA) is 42.2 Å². The van der Waals surface area contributed by atoms with Gasteiger partial charge in [-0.15, -0.1) is 0 Å². The fourth-order valence-electron chi connectivity index (χ4n) is 1.83. The van der Waals surface area contributed by atoms with E-state index in [4.69, 9.17) is 5.73 Å². The third-order valence-electron chi connectivity index (χ3n) is 2.62. The minimum atomic E-state index is 0.726. The normalized spacial score (nSPS) is 22.9. The summed E-state index contributed by atoms with van der Waals surface area (Å²) in [5.41, 5.74) is 7.70. The van der Waals surface area contributed by atoms with E-state index in [0.717, 1.165) is 36.3 Å². The summed E-state index contributed by atoms with van der Waals surface area (Å²) in [6, 6.07) is 3.80. The molecule has 4 heteroatoms. The molecule has 3 nitrogen and oxygen atoms in total. The van der Waals surface area contributed by atoms with Crippen LogP contribution in [-0.2, 0) is 6.54 Å². The Morgan fingerprint density at radius 2 is 2.53 bits per heavy atom. The van der Waals surface area contributed by atoms with Crippen LogP contribution in [0, 0.1) is 0 Å². The number of hydrogen-bond donors (Lipinski definition) is 1. The first-order valence-electron chi connectivity index (χ1n) is 5.29. The fourth-order valence-corrected chi connectivity index (χ4v) is 2.91. The lowest BCUT2D eigenvalue weighted by atomic mass is 10.2. The van der Waals surface area contributed by atoms with E-state index in [9.17, 15) is 0 Å². The third kappa shape index (κ3) is 2.86. The number of hydrogen-bond acceptors (Lipinski definition) is 4. The Morgan fingerprint density at radius 1 is 1.67 bits per heavy atom. The molecule has 1 saturated heterocycles. The predicted octanol–water partition coefficient (Wildman–Crippen LogP) is 1.60. The van der Waals surface area contributed by atoms with E-state index in [1.807, 2.05) is 30.1 Å². The van der Waals surface area contributed by atoms with Crippen LogP contribution in [0.4, 0.5) is 5.69 Å². The van der Waals surface area contributed by atoms with Crippen LogP contribution in [0.2, 0.25) is 0 Å². The van der Waals surface area contributed by atoms with Gasteiger partial charge in [0.2, 0.25) is 0 Å². The average Bonchev–Trinajstić information content (AvgIpc) is 2.22. The molecule has 0 aromatic carbocycles. The number of pyridine rings is 1. The Bertz CT molecular complexity index is 329. The first-order valence-corrected chi connectivity index (χ1v) is 6.34. The van der Waals surface area contributed by atoms with Gasteiger partial charge in [-0.2, -0.15) is 11.8 Å². The summed E-state index contributed by atoms with van der Waals surface area (Å²) in [7, 11) is 0. The average molecular weight is 223 g/mol. The van der Waals surface area contributed by atoms with Gasteiger partial charge >= 0.3 is 0 Å². The van der Waals surface area contributed by atoms with E-state index in [2.05, 4.69) is 16.8 Å². The molecule has 0 spiro atoms. The van der Waals surface area contributed by atoms with Crippen molar-refractivity contribution in [1.82, 2.24) is 9.88 Å². The zero-order valence-corrected chi connectivity index (χ0v) is 9.83. The van der Waals surface area contributed by atoms with Gasteiger partial charge < -0.3 is 5.73 Å². The number of anilines is 1. The third-order valence-corrected chi connectivity index (χ3v) is 3.76. The van der Waals surface area contributed by atoms with Crippen LogP contribution < -0.4 is 5.73 Å². The van der Waals surface area contributed by atoms with Crippen LogP contribution in [0.1, 0.15) is 12.6 Å². The second-order valence-corrected chi connectivity index (χ2v) is 5.50. The second-order valence-electron chi connectivity index (χ2n) is 3.96. The summed E-state index contributed by atoms with van der Waals surface area (Å²) in [4.78, 5) is 6.75. The summed E-state index contributed by atoms with van der Waals surface area (Å²) in [5, 5.41) is 0.726. The van der Waals surface area contributed by atoms with Crippen molar-refractivity contribution in [1.29, 1.82) is 0 Å². The number of nitrogen functional groups attached to an aromatic ring is 1. The van der Waals surface area contributed by atoms with E-state index in [1.54, 1.807) is 0 Å². The molecule has 1 aromatic heterocycles. The first kappa shape index (κ1) is 10.8. The molecule has 0 amide bonds. The summed E-state index contributed by atoms with van der Waals surface area (Å²) in [6.45, 7) is 5.45. The first-order chi connectivity index (χ1) is 7.25. The molecule has 0 radical (unpaired) electrons. The van der Waals surface area contributed by atoms with E-state index < -0.39 is 0 Å². The van der Waals surface area contributed by atoms with Crippen molar-refractivity contribution >= 4 is 17.4 Å². The van der Waals surface area contributed by atoms with Crippen LogP contribution in [0.5, 0.6) is 0 Å². The molecule has 2 heterocycles. The number of nitrogens with zero attached hydrogens (tertiary/aromatic N) is 2. The molecule has 1 atom stereocenters. The quantitative estimate of drug-likeness (QED) is 0.827. The molecular weight excluding hydrogens is 206 g/mol. The monoisotopic (exact) mass is 223 g/mol. The molecule has 1 fully saturated rings. The van der Waals surface area contributed by atoms with Gasteiger partial charge in [-0.25, -0.2) is 0 Å². The minimum Gasteiger partial charge on any atom is -0.397 e. The van der Waals surface area contributed by atoms with Gasteiger partial charge in [-0.05, 0) is 12.1 Å². The molecule has 1 aromatic rings. The Labute approximate surface area is 95.1 Å². The molecule has 0 saturated carbocycles. The maximum absolute atomic E-state index is 5.88. The van der Waals surface area contributed by atoms with Crippen molar-refractivity contribution in [2.24, 2.45) is 0 Å². The Balaban J connectivity index is 1.99. The molecular formula is C11H17N3S. The van der Waals surface area contributed by atoms with Crippen molar-refractivity contribution in [3.63, 3.8) is 0 Å². The maximum Gasteiger partial charge on any atom is 0.0772 e. The largest absolute Gasteiger partial charge is 0.397 e. The molecule has 1 aliphatic heterocycles. The lowest BCUT2D eigenvalue weighted by Crippen LogP contribution is -2.36. The van der Waals surface area contributed by atoms with Crippen molar-refractivity contribution in [2.45, 2.75) is 18.7 Å². The number of thioether (sulfide) groups is 1. The number of aromatic nitrogens is 1. The number of nitrogens with two attached hydrogens (primary N) is 1. The molecule has 0 bridgehead atoms. The molecule has 1 aliphatic rings. The van der Waals surface area contributed by atoms with E-state index in [-0.39, 0.29) is 0 Å². The van der Waals surface area contributed by atoms with E-state index in [1.165, 1.54) is 5.75 Å². The summed E-state index contributed by atoms with van der Waals surface area (Å²) >= 11 is 2.04. The highest BCUT2D eigenvalue weighted by Crippen LogP contribution is 2.20. The highest BCUT2D eigenvalue weighted by Gasteiger charge is 2.17. The van der Waals surface area contributed by atoms with Gasteiger partial charge in [0.05, 0.1) is 11.4 Å². The predicted molar refractivity (Wildman–Crippen MR) is 65.8 cm³/mol. The van der Waals surface area contributed by atoms with E-state index in [0.29, 0.717) is 0 Å². The Morgan fingerprint density at radius 3 is 3.27 bits per heavy atom. The van der Waals surface area contributed by atoms with Gasteiger partial charge in [-0.1, -0.05) is 6.92 Å². The van der Waals surface area contributed by atoms with Crippen LogP contribution >= 0.6 is 11.8 Å². The standard InChI is InChI=1S/C11H17N3S/c1-9-7-14(5-6-15-9)8-11-10(12)3-2-4-13-11/h2-4,9H,5-8,12H2,1H3. The smallest absolute Gasteiger partial charge is 0.0772 e. The summed E-state index contributed by atoms with van der Waals surface area (Å²) in [5.74, 6) is 1.22. The lowest BCUT2D eigenvalue weighted by molar-refractivity contribution is 0.276. The molecule has 2 N–H and O–H groups in total. The lowest BCUT2D eigenvalue weighted by Gasteiger charge is -2.30. The van der Waals surface area contributed by atoms with Crippen molar-refractivity contribution in [3.05, 3.63) is 24.0 Å². The van der Waals surface area contributed by atoms with Gasteiger partial charge in [-0.3, -0.25) is 9.88 Å². The van der Waals surface area contributed by atoms with Gasteiger partial charge in [0.15, 0.2) is 0 Å². The Hall–Kier alpha value is -0.740. The Kier molecular flexibility index (Phi) is 3.49. The second kappa shape index (κ2) is 4.86. The zero-order chi connectivity index (χ0) is 10.7. The highest BCUT2D eigenvalue weighted by atomic mass is 32.2. The van der Waals surface area contributed by atoms with Crippen LogP contribution in [0.15, 0.2) is 18.3 Å². The van der Waals surface area contributed by atoms with E-state index >= 15 is 0 Å². The molecule has 2 rings (SSSR count). The van der Waals surface area contributed by atoms with Gasteiger partial charge in [0.1, 0.15) is 0 Å². The van der Waals surface area contributed by atoms with Gasteiger partial charge in [0.25, 0.3) is 0 Å². The minimum absolute atomic E-state index is 0.726. The molecule has 82 valence electrons. The fraction of sp³-hybridized carbons (Fsp3) is 0.545. The van der Waals surface area contributed by atoms with Crippen molar-refractivity contribution in [2.75, 3.05) is 24.6 Å².